The molecule has 6 fully saturated rings. The van der Waals surface area contributed by atoms with Crippen LogP contribution in [0.3, 0.4) is 0 Å². The first-order valence-corrected chi connectivity index (χ1v) is 13.5. The van der Waals surface area contributed by atoms with Crippen LogP contribution in [0.1, 0.15) is 78.6 Å². The SMILES string of the molecule is C[C@@H]1CC[C@@H]2[C@H](C)[C@@H]3CC[C@H]4[C@@H](C[C@H]5[C@H]4C[C@@H](O)[C@H]4C[C@@H](O)CC[C@@]45C)[C@@H]3CN2C1. The van der Waals surface area contributed by atoms with Crippen LogP contribution >= 0.6 is 0 Å². The van der Waals surface area contributed by atoms with E-state index in [9.17, 15) is 10.2 Å². The summed E-state index contributed by atoms with van der Waals surface area (Å²) in [6.45, 7) is 10.3. The molecule has 3 heteroatoms. The average Bonchev–Trinajstić information content (AvgIpc) is 3.09. The molecule has 30 heavy (non-hydrogen) atoms. The molecule has 3 nitrogen and oxygen atoms in total. The number of rotatable bonds is 0. The first-order valence-electron chi connectivity index (χ1n) is 13.5. The van der Waals surface area contributed by atoms with Crippen molar-refractivity contribution in [2.45, 2.75) is 96.8 Å². The zero-order valence-electron chi connectivity index (χ0n) is 19.5. The molecule has 0 aromatic rings. The molecular weight excluding hydrogens is 370 g/mol. The summed E-state index contributed by atoms with van der Waals surface area (Å²) in [5.74, 6) is 7.22. The smallest absolute Gasteiger partial charge is 0.0577 e. The lowest BCUT2D eigenvalue weighted by atomic mass is 9.51. The zero-order chi connectivity index (χ0) is 20.8. The fraction of sp³-hybridized carbons (Fsp3) is 1.00. The summed E-state index contributed by atoms with van der Waals surface area (Å²) in [6.07, 6.45) is 10.7. The Morgan fingerprint density at radius 1 is 0.733 bits per heavy atom. The van der Waals surface area contributed by atoms with Gasteiger partial charge < -0.3 is 10.2 Å². The van der Waals surface area contributed by atoms with Gasteiger partial charge in [0.05, 0.1) is 12.2 Å². The van der Waals surface area contributed by atoms with Gasteiger partial charge in [0.1, 0.15) is 0 Å². The van der Waals surface area contributed by atoms with Gasteiger partial charge in [-0.1, -0.05) is 20.8 Å². The van der Waals surface area contributed by atoms with Crippen LogP contribution < -0.4 is 0 Å². The number of fused-ring (bicyclic) bond motifs is 8. The van der Waals surface area contributed by atoms with Crippen molar-refractivity contribution in [2.75, 3.05) is 13.1 Å². The lowest BCUT2D eigenvalue weighted by molar-refractivity contribution is -0.130. The molecule has 2 saturated heterocycles. The molecule has 0 bridgehead atoms. The monoisotopic (exact) mass is 415 g/mol. The molecule has 4 aliphatic carbocycles. The van der Waals surface area contributed by atoms with Gasteiger partial charge in [-0.25, -0.2) is 0 Å². The van der Waals surface area contributed by atoms with Crippen molar-refractivity contribution in [3.05, 3.63) is 0 Å². The molecule has 2 heterocycles. The second-order valence-corrected chi connectivity index (χ2v) is 13.1. The topological polar surface area (TPSA) is 43.7 Å². The highest BCUT2D eigenvalue weighted by atomic mass is 16.3. The molecule has 13 atom stereocenters. The fourth-order valence-corrected chi connectivity index (χ4v) is 10.6. The van der Waals surface area contributed by atoms with Crippen molar-refractivity contribution in [3.63, 3.8) is 0 Å². The van der Waals surface area contributed by atoms with Crippen LogP contribution in [-0.4, -0.2) is 46.5 Å². The van der Waals surface area contributed by atoms with Crippen LogP contribution in [-0.2, 0) is 0 Å². The minimum absolute atomic E-state index is 0.180. The van der Waals surface area contributed by atoms with Gasteiger partial charge in [0.25, 0.3) is 0 Å². The molecule has 6 rings (SSSR count). The lowest BCUT2D eigenvalue weighted by Crippen LogP contribution is -2.58. The van der Waals surface area contributed by atoms with Crippen LogP contribution in [0.4, 0.5) is 0 Å². The molecule has 2 N–H and O–H groups in total. The van der Waals surface area contributed by atoms with Crippen LogP contribution in [0.5, 0.6) is 0 Å². The van der Waals surface area contributed by atoms with E-state index in [1.54, 1.807) is 0 Å². The summed E-state index contributed by atoms with van der Waals surface area (Å²) in [7, 11) is 0. The summed E-state index contributed by atoms with van der Waals surface area (Å²) in [4.78, 5) is 2.92. The maximum atomic E-state index is 11.2. The summed E-state index contributed by atoms with van der Waals surface area (Å²) < 4.78 is 0. The van der Waals surface area contributed by atoms with E-state index in [2.05, 4.69) is 25.7 Å². The summed E-state index contributed by atoms with van der Waals surface area (Å²) >= 11 is 0. The first kappa shape index (κ1) is 20.5. The van der Waals surface area contributed by atoms with E-state index in [0.717, 1.165) is 79.1 Å². The third kappa shape index (κ3) is 2.86. The van der Waals surface area contributed by atoms with E-state index in [1.807, 2.05) is 0 Å². The van der Waals surface area contributed by atoms with Crippen molar-refractivity contribution >= 4 is 0 Å². The third-order valence-electron chi connectivity index (χ3n) is 12.0. The van der Waals surface area contributed by atoms with E-state index in [-0.39, 0.29) is 17.6 Å². The molecule has 0 spiro atoms. The highest BCUT2D eigenvalue weighted by Crippen LogP contribution is 2.67. The Morgan fingerprint density at radius 3 is 2.37 bits per heavy atom. The first-order chi connectivity index (χ1) is 14.4. The third-order valence-corrected chi connectivity index (χ3v) is 12.0. The second kappa shape index (κ2) is 7.19. The highest BCUT2D eigenvalue weighted by molar-refractivity contribution is 5.12. The van der Waals surface area contributed by atoms with Gasteiger partial charge in [0.2, 0.25) is 0 Å². The Bertz CT molecular complexity index is 665. The van der Waals surface area contributed by atoms with Crippen LogP contribution in [0, 0.1) is 58.7 Å². The summed E-state index contributed by atoms with van der Waals surface area (Å²) in [5, 5.41) is 21.5. The molecule has 170 valence electrons. The minimum atomic E-state index is -0.181. The zero-order valence-corrected chi connectivity index (χ0v) is 19.5. The standard InChI is InChI=1S/C27H45NO2/c1-15-4-7-25-16(2)18-5-6-19-20(22(18)14-28(25)13-15)11-23-21(19)12-26(30)24-10-17(29)8-9-27(23,24)3/h15-26,29-30H,4-14H2,1-3H3/t15-,16-,17+,18+,19+,20-,21+,22-,23+,24-,25-,26-,27-/m1/s1. The van der Waals surface area contributed by atoms with E-state index >= 15 is 0 Å². The van der Waals surface area contributed by atoms with Gasteiger partial charge in [-0.05, 0) is 116 Å². The Morgan fingerprint density at radius 2 is 1.53 bits per heavy atom. The molecule has 0 aromatic heterocycles. The maximum Gasteiger partial charge on any atom is 0.0577 e. The molecule has 2 aliphatic heterocycles. The van der Waals surface area contributed by atoms with Gasteiger partial charge in [-0.15, -0.1) is 0 Å². The molecule has 0 radical (unpaired) electrons. The van der Waals surface area contributed by atoms with Crippen LogP contribution in [0.25, 0.3) is 0 Å². The van der Waals surface area contributed by atoms with E-state index in [0.29, 0.717) is 5.92 Å². The van der Waals surface area contributed by atoms with E-state index in [4.69, 9.17) is 0 Å². The minimum Gasteiger partial charge on any atom is -0.393 e. The van der Waals surface area contributed by atoms with Gasteiger partial charge in [-0.3, -0.25) is 4.90 Å². The van der Waals surface area contributed by atoms with Crippen molar-refractivity contribution in [2.24, 2.45) is 58.7 Å². The number of nitrogens with zero attached hydrogens (tertiary/aromatic N) is 1. The average molecular weight is 416 g/mol. The number of piperidine rings is 2. The van der Waals surface area contributed by atoms with Gasteiger partial charge in [0, 0.05) is 19.1 Å². The molecular formula is C27H45NO2. The van der Waals surface area contributed by atoms with Crippen molar-refractivity contribution in [1.82, 2.24) is 4.90 Å². The molecule has 6 aliphatic rings. The Balaban J connectivity index is 1.28. The van der Waals surface area contributed by atoms with E-state index in [1.165, 1.54) is 45.2 Å². The van der Waals surface area contributed by atoms with Crippen molar-refractivity contribution < 1.29 is 10.2 Å². The lowest BCUT2D eigenvalue weighted by Gasteiger charge is -2.56. The largest absolute Gasteiger partial charge is 0.393 e. The number of aliphatic hydroxyl groups is 2. The predicted molar refractivity (Wildman–Crippen MR) is 120 cm³/mol. The molecule has 0 aromatic carbocycles. The molecule has 4 saturated carbocycles. The van der Waals surface area contributed by atoms with Gasteiger partial charge in [-0.2, -0.15) is 0 Å². The fourth-order valence-electron chi connectivity index (χ4n) is 10.6. The Hall–Kier alpha value is -0.120. The maximum absolute atomic E-state index is 11.2. The van der Waals surface area contributed by atoms with Crippen LogP contribution in [0.15, 0.2) is 0 Å². The van der Waals surface area contributed by atoms with E-state index < -0.39 is 0 Å². The predicted octanol–water partition coefficient (Wildman–Crippen LogP) is 4.56. The Labute approximate surface area is 184 Å². The van der Waals surface area contributed by atoms with Gasteiger partial charge in [0.15, 0.2) is 0 Å². The van der Waals surface area contributed by atoms with Gasteiger partial charge >= 0.3 is 0 Å². The summed E-state index contributed by atoms with van der Waals surface area (Å²) in [6, 6.07) is 0.853. The summed E-state index contributed by atoms with van der Waals surface area (Å²) in [5.41, 5.74) is 0.261. The number of hydrogen-bond acceptors (Lipinski definition) is 3. The molecule has 0 unspecified atom stereocenters. The normalized spacial score (nSPS) is 60.7. The Kier molecular flexibility index (Phi) is 4.91. The number of aliphatic hydroxyl groups excluding tert-OH is 2. The van der Waals surface area contributed by atoms with Crippen molar-refractivity contribution in [1.29, 1.82) is 0 Å². The number of hydrogen-bond donors (Lipinski definition) is 2. The molecule has 0 amide bonds. The van der Waals surface area contributed by atoms with Crippen molar-refractivity contribution in [3.8, 4) is 0 Å². The quantitative estimate of drug-likeness (QED) is 0.609. The second-order valence-electron chi connectivity index (χ2n) is 13.1. The van der Waals surface area contributed by atoms with Crippen LogP contribution in [0.2, 0.25) is 0 Å². The highest BCUT2D eigenvalue weighted by Gasteiger charge is 2.62.